The number of rotatable bonds is 2. The van der Waals surface area contributed by atoms with Crippen LogP contribution in [0.15, 0.2) is 30.5 Å². The second kappa shape index (κ2) is 3.55. The van der Waals surface area contributed by atoms with Crippen molar-refractivity contribution in [1.29, 1.82) is 0 Å². The number of nitrogens with two attached hydrogens (primary N) is 1. The zero-order valence-corrected chi connectivity index (χ0v) is 9.32. The van der Waals surface area contributed by atoms with Crippen LogP contribution in [0.5, 0.6) is 5.75 Å². The molecular weight excluding hydrogens is 216 g/mol. The molecule has 17 heavy (non-hydrogen) atoms. The Morgan fingerprint density at radius 3 is 2.88 bits per heavy atom. The average molecular weight is 228 g/mol. The Morgan fingerprint density at radius 1 is 1.29 bits per heavy atom. The maximum Gasteiger partial charge on any atom is 0.145 e. The molecule has 2 heterocycles. The van der Waals surface area contributed by atoms with E-state index in [-0.39, 0.29) is 0 Å². The fourth-order valence-electron chi connectivity index (χ4n) is 2.01. The largest absolute Gasteiger partial charge is 0.495 e. The number of nitrogens with zero attached hydrogens (tertiary/aromatic N) is 1. The number of aromatic nitrogens is 3. The molecule has 0 aliphatic heterocycles. The summed E-state index contributed by atoms with van der Waals surface area (Å²) < 4.78 is 5.47. The van der Waals surface area contributed by atoms with Gasteiger partial charge in [0.25, 0.3) is 0 Å². The molecule has 0 spiro atoms. The first-order chi connectivity index (χ1) is 8.29. The van der Waals surface area contributed by atoms with E-state index in [0.717, 1.165) is 27.9 Å². The van der Waals surface area contributed by atoms with E-state index in [1.165, 1.54) is 0 Å². The normalized spacial score (nSPS) is 10.9. The van der Waals surface area contributed by atoms with E-state index in [2.05, 4.69) is 15.2 Å². The Hall–Kier alpha value is -2.43. The van der Waals surface area contributed by atoms with Crippen molar-refractivity contribution in [1.82, 2.24) is 15.2 Å². The second-order valence-corrected chi connectivity index (χ2v) is 3.79. The Morgan fingerprint density at radius 2 is 2.18 bits per heavy atom. The lowest BCUT2D eigenvalue weighted by Crippen LogP contribution is -1.89. The van der Waals surface area contributed by atoms with Crippen molar-refractivity contribution in [3.05, 3.63) is 30.5 Å². The van der Waals surface area contributed by atoms with Gasteiger partial charge in [-0.3, -0.25) is 5.10 Å². The predicted molar refractivity (Wildman–Crippen MR) is 66.8 cm³/mol. The zero-order chi connectivity index (χ0) is 11.8. The number of benzene rings is 1. The summed E-state index contributed by atoms with van der Waals surface area (Å²) in [5.74, 6) is 1.28. The molecule has 5 heteroatoms. The molecule has 0 aliphatic carbocycles. The standard InChI is InChI=1S/C12H12N4O/c1-17-12-7(10-6-11(13)16-15-10)2-3-9-8(12)4-5-14-9/h2-6,14H,1H3,(H3,13,15,16). The van der Waals surface area contributed by atoms with Gasteiger partial charge in [0, 0.05) is 28.7 Å². The molecule has 86 valence electrons. The highest BCUT2D eigenvalue weighted by Crippen LogP contribution is 2.35. The molecule has 5 nitrogen and oxygen atoms in total. The van der Waals surface area contributed by atoms with Gasteiger partial charge in [0.15, 0.2) is 0 Å². The lowest BCUT2D eigenvalue weighted by Gasteiger charge is -2.07. The number of nitrogen functional groups attached to an aromatic ring is 1. The third-order valence-corrected chi connectivity index (χ3v) is 2.78. The number of fused-ring (bicyclic) bond motifs is 1. The van der Waals surface area contributed by atoms with E-state index < -0.39 is 0 Å². The molecule has 0 bridgehead atoms. The van der Waals surface area contributed by atoms with Gasteiger partial charge in [-0.05, 0) is 18.2 Å². The van der Waals surface area contributed by atoms with E-state index in [9.17, 15) is 0 Å². The average Bonchev–Trinajstić information content (AvgIpc) is 2.95. The van der Waals surface area contributed by atoms with Crippen LogP contribution < -0.4 is 10.5 Å². The van der Waals surface area contributed by atoms with E-state index in [4.69, 9.17) is 10.5 Å². The topological polar surface area (TPSA) is 79.7 Å². The Bertz CT molecular complexity index is 668. The van der Waals surface area contributed by atoms with Gasteiger partial charge in [0.05, 0.1) is 12.8 Å². The summed E-state index contributed by atoms with van der Waals surface area (Å²) in [6.45, 7) is 0. The molecule has 0 amide bonds. The molecule has 1 aromatic carbocycles. The summed E-state index contributed by atoms with van der Waals surface area (Å²) in [4.78, 5) is 3.15. The van der Waals surface area contributed by atoms with Crippen LogP contribution in [0.4, 0.5) is 5.82 Å². The second-order valence-electron chi connectivity index (χ2n) is 3.79. The minimum atomic E-state index is 0.469. The summed E-state index contributed by atoms with van der Waals surface area (Å²) in [6, 6.07) is 7.75. The number of ether oxygens (including phenoxy) is 1. The van der Waals surface area contributed by atoms with Gasteiger partial charge in [-0.1, -0.05) is 0 Å². The van der Waals surface area contributed by atoms with Gasteiger partial charge in [-0.15, -0.1) is 0 Å². The number of H-pyrrole nitrogens is 2. The summed E-state index contributed by atoms with van der Waals surface area (Å²) in [7, 11) is 1.66. The molecule has 0 atom stereocenters. The minimum Gasteiger partial charge on any atom is -0.495 e. The monoisotopic (exact) mass is 228 g/mol. The maximum absolute atomic E-state index is 5.61. The third kappa shape index (κ3) is 1.44. The predicted octanol–water partition coefficient (Wildman–Crippen LogP) is 2.15. The van der Waals surface area contributed by atoms with Crippen molar-refractivity contribution in [3.63, 3.8) is 0 Å². The molecule has 3 rings (SSSR count). The highest BCUT2D eigenvalue weighted by Gasteiger charge is 2.12. The molecule has 0 unspecified atom stereocenters. The van der Waals surface area contributed by atoms with Crippen LogP contribution in [0.2, 0.25) is 0 Å². The highest BCUT2D eigenvalue weighted by atomic mass is 16.5. The molecule has 0 fully saturated rings. The highest BCUT2D eigenvalue weighted by molar-refractivity contribution is 5.93. The number of nitrogens with one attached hydrogen (secondary N) is 2. The summed E-state index contributed by atoms with van der Waals surface area (Å²) in [5, 5.41) is 7.85. The molecule has 0 radical (unpaired) electrons. The Balaban J connectivity index is 2.28. The first-order valence-electron chi connectivity index (χ1n) is 5.25. The molecule has 0 saturated heterocycles. The first kappa shape index (κ1) is 9.77. The molecular formula is C12H12N4O. The van der Waals surface area contributed by atoms with E-state index in [1.54, 1.807) is 13.2 Å². The first-order valence-corrected chi connectivity index (χ1v) is 5.25. The van der Waals surface area contributed by atoms with Crippen molar-refractivity contribution < 1.29 is 4.74 Å². The van der Waals surface area contributed by atoms with E-state index in [0.29, 0.717) is 5.82 Å². The smallest absolute Gasteiger partial charge is 0.145 e. The Labute approximate surface area is 97.6 Å². The van der Waals surface area contributed by atoms with Crippen LogP contribution >= 0.6 is 0 Å². The van der Waals surface area contributed by atoms with E-state index in [1.807, 2.05) is 24.4 Å². The fraction of sp³-hybridized carbons (Fsp3) is 0.0833. The number of aromatic amines is 2. The van der Waals surface area contributed by atoms with Gasteiger partial charge in [0.2, 0.25) is 0 Å². The van der Waals surface area contributed by atoms with Crippen LogP contribution in [0.25, 0.3) is 22.2 Å². The van der Waals surface area contributed by atoms with Crippen molar-refractivity contribution in [2.45, 2.75) is 0 Å². The summed E-state index contributed by atoms with van der Waals surface area (Å²) in [6.07, 6.45) is 1.89. The quantitative estimate of drug-likeness (QED) is 0.628. The third-order valence-electron chi connectivity index (χ3n) is 2.78. The van der Waals surface area contributed by atoms with Crippen LogP contribution in [0.3, 0.4) is 0 Å². The molecule has 0 saturated carbocycles. The summed E-state index contributed by atoms with van der Waals surface area (Å²) in [5.41, 5.74) is 8.45. The van der Waals surface area contributed by atoms with Crippen LogP contribution in [0, 0.1) is 0 Å². The van der Waals surface area contributed by atoms with Gasteiger partial charge in [0.1, 0.15) is 11.6 Å². The lowest BCUT2D eigenvalue weighted by molar-refractivity contribution is 0.421. The number of anilines is 1. The fourth-order valence-corrected chi connectivity index (χ4v) is 2.01. The van der Waals surface area contributed by atoms with Crippen LogP contribution in [-0.2, 0) is 0 Å². The van der Waals surface area contributed by atoms with Crippen molar-refractivity contribution in [3.8, 4) is 17.0 Å². The van der Waals surface area contributed by atoms with Gasteiger partial charge in [-0.2, -0.15) is 5.10 Å². The number of hydrogen-bond acceptors (Lipinski definition) is 3. The molecule has 3 aromatic rings. The van der Waals surface area contributed by atoms with Crippen molar-refractivity contribution in [2.75, 3.05) is 12.8 Å². The number of methoxy groups -OCH3 is 1. The summed E-state index contributed by atoms with van der Waals surface area (Å²) >= 11 is 0. The molecule has 2 aromatic heterocycles. The van der Waals surface area contributed by atoms with Crippen molar-refractivity contribution in [2.24, 2.45) is 0 Å². The van der Waals surface area contributed by atoms with Crippen LogP contribution in [-0.4, -0.2) is 22.3 Å². The molecule has 0 aliphatic rings. The van der Waals surface area contributed by atoms with Crippen molar-refractivity contribution >= 4 is 16.7 Å². The van der Waals surface area contributed by atoms with E-state index >= 15 is 0 Å². The van der Waals surface area contributed by atoms with Crippen LogP contribution in [0.1, 0.15) is 0 Å². The van der Waals surface area contributed by atoms with Gasteiger partial charge < -0.3 is 15.5 Å². The Kier molecular flexibility index (Phi) is 2.04. The molecule has 4 N–H and O–H groups in total. The SMILES string of the molecule is COc1c(-c2cc(N)n[nH]2)ccc2[nH]ccc12. The minimum absolute atomic E-state index is 0.469. The maximum atomic E-state index is 5.61. The number of hydrogen-bond donors (Lipinski definition) is 3. The van der Waals surface area contributed by atoms with Gasteiger partial charge >= 0.3 is 0 Å². The lowest BCUT2D eigenvalue weighted by atomic mass is 10.1. The zero-order valence-electron chi connectivity index (χ0n) is 9.32. The van der Waals surface area contributed by atoms with Gasteiger partial charge in [-0.25, -0.2) is 0 Å².